The smallest absolute Gasteiger partial charge is 0.496 e. The van der Waals surface area contributed by atoms with Gasteiger partial charge in [-0.15, -0.1) is 0 Å². The minimum absolute atomic E-state index is 0.458. The summed E-state index contributed by atoms with van der Waals surface area (Å²) >= 11 is 0. The van der Waals surface area contributed by atoms with Gasteiger partial charge in [-0.25, -0.2) is 4.79 Å². The number of ether oxygens (including phenoxy) is 3. The van der Waals surface area contributed by atoms with Crippen LogP contribution < -0.4 is 4.74 Å². The van der Waals surface area contributed by atoms with Crippen molar-refractivity contribution in [2.45, 2.75) is 12.2 Å². The first-order valence-electron chi connectivity index (χ1n) is 6.34. The van der Waals surface area contributed by atoms with E-state index < -0.39 is 18.4 Å². The molecule has 1 heterocycles. The van der Waals surface area contributed by atoms with Gasteiger partial charge in [0.1, 0.15) is 5.75 Å². The van der Waals surface area contributed by atoms with Crippen LogP contribution in [0.15, 0.2) is 54.6 Å². The van der Waals surface area contributed by atoms with Gasteiger partial charge in [-0.2, -0.15) is 0 Å². The number of carbonyl (C=O) groups is 1. The zero-order chi connectivity index (χ0) is 13.9. The van der Waals surface area contributed by atoms with Gasteiger partial charge in [0.25, 0.3) is 0 Å². The standard InChI is InChI=1S/C16H14O4/c1-18-13-10-6-5-9-12(13)15-14(19-16(17)20-15)11-7-3-2-4-8-11/h2-10,14-15H,1H3/t14-,15-/m1/s1. The molecular weight excluding hydrogens is 256 g/mol. The number of carbonyl (C=O) groups excluding carboxylic acids is 1. The van der Waals surface area contributed by atoms with Gasteiger partial charge in [0.05, 0.1) is 7.11 Å². The monoisotopic (exact) mass is 270 g/mol. The van der Waals surface area contributed by atoms with Crippen LogP contribution in [-0.4, -0.2) is 13.3 Å². The molecule has 102 valence electrons. The molecule has 2 aromatic rings. The number of hydrogen-bond acceptors (Lipinski definition) is 4. The van der Waals surface area contributed by atoms with Crippen molar-refractivity contribution in [1.82, 2.24) is 0 Å². The lowest BCUT2D eigenvalue weighted by atomic mass is 9.98. The number of benzene rings is 2. The minimum Gasteiger partial charge on any atom is -0.496 e. The number of hydrogen-bond donors (Lipinski definition) is 0. The first kappa shape index (κ1) is 12.5. The highest BCUT2D eigenvalue weighted by Crippen LogP contribution is 2.43. The molecule has 1 fully saturated rings. The molecule has 3 rings (SSSR count). The third-order valence-corrected chi connectivity index (χ3v) is 3.29. The molecule has 0 aromatic heterocycles. The van der Waals surface area contributed by atoms with Crippen molar-refractivity contribution in [2.75, 3.05) is 7.11 Å². The maximum atomic E-state index is 11.5. The van der Waals surface area contributed by atoms with Crippen LogP contribution in [0.5, 0.6) is 5.75 Å². The van der Waals surface area contributed by atoms with E-state index in [2.05, 4.69) is 0 Å². The molecule has 0 unspecified atom stereocenters. The van der Waals surface area contributed by atoms with Crippen molar-refractivity contribution in [3.8, 4) is 5.75 Å². The maximum absolute atomic E-state index is 11.5. The fourth-order valence-corrected chi connectivity index (χ4v) is 2.37. The normalized spacial score (nSPS) is 21.1. The van der Waals surface area contributed by atoms with Gasteiger partial charge >= 0.3 is 6.16 Å². The summed E-state index contributed by atoms with van der Waals surface area (Å²) in [5, 5.41) is 0. The van der Waals surface area contributed by atoms with Crippen molar-refractivity contribution in [3.05, 3.63) is 65.7 Å². The number of cyclic esters (lactones) is 2. The van der Waals surface area contributed by atoms with Gasteiger partial charge < -0.3 is 14.2 Å². The van der Waals surface area contributed by atoms with Crippen LogP contribution in [0.1, 0.15) is 23.3 Å². The summed E-state index contributed by atoms with van der Waals surface area (Å²) < 4.78 is 15.9. The van der Waals surface area contributed by atoms with E-state index in [1.165, 1.54) is 0 Å². The van der Waals surface area contributed by atoms with E-state index in [1.54, 1.807) is 7.11 Å². The summed E-state index contributed by atoms with van der Waals surface area (Å²) in [4.78, 5) is 11.5. The second kappa shape index (κ2) is 5.25. The lowest BCUT2D eigenvalue weighted by molar-refractivity contribution is 0.115. The Labute approximate surface area is 116 Å². The molecule has 1 aliphatic heterocycles. The molecule has 0 radical (unpaired) electrons. The molecule has 2 aromatic carbocycles. The number of rotatable bonds is 3. The van der Waals surface area contributed by atoms with Gasteiger partial charge in [0, 0.05) is 5.56 Å². The molecule has 0 amide bonds. The highest BCUT2D eigenvalue weighted by atomic mass is 16.8. The van der Waals surface area contributed by atoms with E-state index in [-0.39, 0.29) is 0 Å². The van der Waals surface area contributed by atoms with E-state index in [9.17, 15) is 4.79 Å². The largest absolute Gasteiger partial charge is 0.509 e. The van der Waals surface area contributed by atoms with Gasteiger partial charge in [-0.3, -0.25) is 0 Å². The third kappa shape index (κ3) is 2.20. The first-order chi connectivity index (χ1) is 9.79. The zero-order valence-corrected chi connectivity index (χ0v) is 11.0. The van der Waals surface area contributed by atoms with Crippen LogP contribution in [0.25, 0.3) is 0 Å². The molecule has 2 atom stereocenters. The Morgan fingerprint density at radius 1 is 0.900 bits per heavy atom. The van der Waals surface area contributed by atoms with Crippen molar-refractivity contribution >= 4 is 6.16 Å². The number of methoxy groups -OCH3 is 1. The average Bonchev–Trinajstić information content (AvgIpc) is 2.90. The van der Waals surface area contributed by atoms with E-state index in [0.29, 0.717) is 5.75 Å². The van der Waals surface area contributed by atoms with Crippen LogP contribution in [0.2, 0.25) is 0 Å². The van der Waals surface area contributed by atoms with Gasteiger partial charge in [0.2, 0.25) is 0 Å². The summed E-state index contributed by atoms with van der Waals surface area (Å²) in [5.74, 6) is 0.678. The van der Waals surface area contributed by atoms with Crippen LogP contribution in [0.4, 0.5) is 4.79 Å². The fourth-order valence-electron chi connectivity index (χ4n) is 2.37. The van der Waals surface area contributed by atoms with E-state index in [4.69, 9.17) is 14.2 Å². The minimum atomic E-state index is -0.658. The van der Waals surface area contributed by atoms with Crippen LogP contribution in [0, 0.1) is 0 Å². The molecule has 0 bridgehead atoms. The zero-order valence-electron chi connectivity index (χ0n) is 11.0. The van der Waals surface area contributed by atoms with Crippen molar-refractivity contribution < 1.29 is 19.0 Å². The fraction of sp³-hybridized carbons (Fsp3) is 0.188. The summed E-state index contributed by atoms with van der Waals surface area (Å²) in [6.07, 6.45) is -1.61. The molecule has 0 spiro atoms. The highest BCUT2D eigenvalue weighted by molar-refractivity contribution is 5.64. The SMILES string of the molecule is COc1ccccc1[C@H]1OC(=O)O[C@@H]1c1ccccc1. The van der Waals surface area contributed by atoms with E-state index in [0.717, 1.165) is 11.1 Å². The molecule has 20 heavy (non-hydrogen) atoms. The Morgan fingerprint density at radius 2 is 1.55 bits per heavy atom. The van der Waals surface area contributed by atoms with Crippen molar-refractivity contribution in [1.29, 1.82) is 0 Å². The molecule has 1 saturated heterocycles. The van der Waals surface area contributed by atoms with Crippen LogP contribution in [0.3, 0.4) is 0 Å². The molecule has 4 nitrogen and oxygen atoms in total. The molecule has 0 aliphatic carbocycles. The Morgan fingerprint density at radius 3 is 2.30 bits per heavy atom. The second-order valence-corrected chi connectivity index (χ2v) is 4.48. The Bertz CT molecular complexity index is 609. The van der Waals surface area contributed by atoms with Crippen LogP contribution in [-0.2, 0) is 9.47 Å². The summed E-state index contributed by atoms with van der Waals surface area (Å²) in [7, 11) is 1.59. The first-order valence-corrected chi connectivity index (χ1v) is 6.34. The topological polar surface area (TPSA) is 44.8 Å². The second-order valence-electron chi connectivity index (χ2n) is 4.48. The molecular formula is C16H14O4. The van der Waals surface area contributed by atoms with Crippen LogP contribution >= 0.6 is 0 Å². The Balaban J connectivity index is 2.00. The quantitative estimate of drug-likeness (QED) is 0.799. The molecule has 1 aliphatic rings. The van der Waals surface area contributed by atoms with Crippen molar-refractivity contribution in [3.63, 3.8) is 0 Å². The molecule has 4 heteroatoms. The summed E-state index contributed by atoms with van der Waals surface area (Å²) in [6, 6.07) is 17.0. The maximum Gasteiger partial charge on any atom is 0.509 e. The highest BCUT2D eigenvalue weighted by Gasteiger charge is 2.40. The van der Waals surface area contributed by atoms with Crippen molar-refractivity contribution in [2.24, 2.45) is 0 Å². The Kier molecular flexibility index (Phi) is 3.29. The lowest BCUT2D eigenvalue weighted by Crippen LogP contribution is -2.08. The molecule has 0 saturated carbocycles. The summed E-state index contributed by atoms with van der Waals surface area (Å²) in [6.45, 7) is 0. The average molecular weight is 270 g/mol. The number of para-hydroxylation sites is 1. The molecule has 0 N–H and O–H groups in total. The van der Waals surface area contributed by atoms with Gasteiger partial charge in [0.15, 0.2) is 12.2 Å². The summed E-state index contributed by atoms with van der Waals surface area (Å²) in [5.41, 5.74) is 1.70. The lowest BCUT2D eigenvalue weighted by Gasteiger charge is -2.18. The van der Waals surface area contributed by atoms with Gasteiger partial charge in [-0.05, 0) is 11.6 Å². The third-order valence-electron chi connectivity index (χ3n) is 3.29. The van der Waals surface area contributed by atoms with Gasteiger partial charge in [-0.1, -0.05) is 48.5 Å². The van der Waals surface area contributed by atoms with E-state index in [1.807, 2.05) is 54.6 Å². The Hall–Kier alpha value is -2.49. The predicted octanol–water partition coefficient (Wildman–Crippen LogP) is 3.64. The predicted molar refractivity (Wildman–Crippen MR) is 72.5 cm³/mol. The van der Waals surface area contributed by atoms with E-state index >= 15 is 0 Å².